The van der Waals surface area contributed by atoms with Crippen molar-refractivity contribution in [2.75, 3.05) is 13.1 Å². The first kappa shape index (κ1) is 14.6. The van der Waals surface area contributed by atoms with E-state index < -0.39 is 0 Å². The molecule has 0 fully saturated rings. The average Bonchev–Trinajstić information content (AvgIpc) is 2.82. The van der Waals surface area contributed by atoms with E-state index in [2.05, 4.69) is 38.4 Å². The zero-order valence-electron chi connectivity index (χ0n) is 10.6. The molecule has 0 saturated heterocycles. The number of halogens is 2. The van der Waals surface area contributed by atoms with Crippen LogP contribution in [0.5, 0.6) is 0 Å². The SMILES string of the molecule is CCCNCCc1nnc(-c2cc(F)cc(Br)c2)s1. The van der Waals surface area contributed by atoms with Gasteiger partial charge in [0.05, 0.1) is 0 Å². The summed E-state index contributed by atoms with van der Waals surface area (Å²) in [6, 6.07) is 4.76. The zero-order valence-corrected chi connectivity index (χ0v) is 13.0. The minimum absolute atomic E-state index is 0.272. The molecule has 19 heavy (non-hydrogen) atoms. The normalized spacial score (nSPS) is 10.9. The van der Waals surface area contributed by atoms with Gasteiger partial charge in [0.15, 0.2) is 0 Å². The van der Waals surface area contributed by atoms with Crippen LogP contribution < -0.4 is 5.32 Å². The van der Waals surface area contributed by atoms with Gasteiger partial charge in [-0.25, -0.2) is 4.39 Å². The van der Waals surface area contributed by atoms with Crippen molar-refractivity contribution >= 4 is 27.3 Å². The van der Waals surface area contributed by atoms with E-state index in [1.54, 1.807) is 0 Å². The van der Waals surface area contributed by atoms with E-state index >= 15 is 0 Å². The number of rotatable bonds is 6. The lowest BCUT2D eigenvalue weighted by atomic mass is 10.2. The summed E-state index contributed by atoms with van der Waals surface area (Å²) in [5, 5.41) is 13.3. The molecular formula is C13H15BrFN3S. The summed E-state index contributed by atoms with van der Waals surface area (Å²) < 4.78 is 14.0. The highest BCUT2D eigenvalue weighted by Gasteiger charge is 2.08. The second kappa shape index (κ2) is 7.07. The highest BCUT2D eigenvalue weighted by Crippen LogP contribution is 2.27. The van der Waals surface area contributed by atoms with E-state index in [0.29, 0.717) is 4.47 Å². The van der Waals surface area contributed by atoms with Gasteiger partial charge < -0.3 is 5.32 Å². The highest BCUT2D eigenvalue weighted by molar-refractivity contribution is 9.10. The van der Waals surface area contributed by atoms with Gasteiger partial charge in [0, 0.05) is 23.0 Å². The van der Waals surface area contributed by atoms with Crippen LogP contribution >= 0.6 is 27.3 Å². The lowest BCUT2D eigenvalue weighted by Crippen LogP contribution is -2.17. The standard InChI is InChI=1S/C13H15BrFN3S/c1-2-4-16-5-3-12-17-18-13(19-12)9-6-10(14)8-11(15)7-9/h6-8,16H,2-5H2,1H3. The van der Waals surface area contributed by atoms with E-state index in [1.807, 2.05) is 6.07 Å². The van der Waals surface area contributed by atoms with Crippen LogP contribution in [0.2, 0.25) is 0 Å². The quantitative estimate of drug-likeness (QED) is 0.813. The molecule has 1 aromatic heterocycles. The third-order valence-electron chi connectivity index (χ3n) is 2.52. The Morgan fingerprint density at radius 1 is 1.26 bits per heavy atom. The Morgan fingerprint density at radius 3 is 2.84 bits per heavy atom. The first-order valence-electron chi connectivity index (χ1n) is 6.18. The number of hydrogen-bond donors (Lipinski definition) is 1. The molecule has 0 aliphatic carbocycles. The first-order valence-corrected chi connectivity index (χ1v) is 7.79. The molecule has 6 heteroatoms. The maximum atomic E-state index is 13.3. The van der Waals surface area contributed by atoms with Crippen molar-refractivity contribution in [3.8, 4) is 10.6 Å². The van der Waals surface area contributed by atoms with Gasteiger partial charge in [0.25, 0.3) is 0 Å². The third kappa shape index (κ3) is 4.33. The van der Waals surface area contributed by atoms with Gasteiger partial charge >= 0.3 is 0 Å². The number of aromatic nitrogens is 2. The molecule has 0 atom stereocenters. The molecule has 0 amide bonds. The van der Waals surface area contributed by atoms with Crippen molar-refractivity contribution in [3.63, 3.8) is 0 Å². The van der Waals surface area contributed by atoms with Crippen LogP contribution in [0, 0.1) is 5.82 Å². The van der Waals surface area contributed by atoms with Crippen molar-refractivity contribution in [2.45, 2.75) is 19.8 Å². The third-order valence-corrected chi connectivity index (χ3v) is 4.01. The average molecular weight is 344 g/mol. The molecule has 1 N–H and O–H groups in total. The van der Waals surface area contributed by atoms with Crippen LogP contribution in [0.3, 0.4) is 0 Å². The number of benzene rings is 1. The minimum atomic E-state index is -0.272. The maximum Gasteiger partial charge on any atom is 0.147 e. The molecule has 2 rings (SSSR count). The lowest BCUT2D eigenvalue weighted by Gasteiger charge is -1.99. The number of hydrogen-bond acceptors (Lipinski definition) is 4. The smallest absolute Gasteiger partial charge is 0.147 e. The Labute approximate surface area is 124 Å². The van der Waals surface area contributed by atoms with Gasteiger partial charge in [-0.15, -0.1) is 10.2 Å². The summed E-state index contributed by atoms with van der Waals surface area (Å²) in [6.07, 6.45) is 1.98. The van der Waals surface area contributed by atoms with Gasteiger partial charge in [0.1, 0.15) is 15.8 Å². The van der Waals surface area contributed by atoms with Crippen LogP contribution in [0.25, 0.3) is 10.6 Å². The van der Waals surface area contributed by atoms with E-state index in [-0.39, 0.29) is 5.82 Å². The van der Waals surface area contributed by atoms with Crippen molar-refractivity contribution in [1.29, 1.82) is 0 Å². The van der Waals surface area contributed by atoms with Gasteiger partial charge in [0.2, 0.25) is 0 Å². The number of nitrogens with zero attached hydrogens (tertiary/aromatic N) is 2. The predicted octanol–water partition coefficient (Wildman–Crippen LogP) is 3.65. The van der Waals surface area contributed by atoms with Crippen molar-refractivity contribution in [2.24, 2.45) is 0 Å². The second-order valence-electron chi connectivity index (χ2n) is 4.16. The fourth-order valence-electron chi connectivity index (χ4n) is 1.65. The monoisotopic (exact) mass is 343 g/mol. The fraction of sp³-hybridized carbons (Fsp3) is 0.385. The fourth-order valence-corrected chi connectivity index (χ4v) is 2.94. The van der Waals surface area contributed by atoms with Gasteiger partial charge in [-0.05, 0) is 31.2 Å². The summed E-state index contributed by atoms with van der Waals surface area (Å²) in [5.74, 6) is -0.272. The first-order chi connectivity index (χ1) is 9.19. The topological polar surface area (TPSA) is 37.8 Å². The highest BCUT2D eigenvalue weighted by atomic mass is 79.9. The summed E-state index contributed by atoms with van der Waals surface area (Å²) in [4.78, 5) is 0. The van der Waals surface area contributed by atoms with Crippen molar-refractivity contribution in [3.05, 3.63) is 33.5 Å². The Balaban J connectivity index is 2.03. The van der Waals surface area contributed by atoms with Gasteiger partial charge in [-0.3, -0.25) is 0 Å². The Kier molecular flexibility index (Phi) is 5.42. The van der Waals surface area contributed by atoms with Crippen LogP contribution in [0.1, 0.15) is 18.4 Å². The van der Waals surface area contributed by atoms with Crippen LogP contribution in [-0.4, -0.2) is 23.3 Å². The molecule has 0 saturated carbocycles. The predicted molar refractivity (Wildman–Crippen MR) is 79.9 cm³/mol. The summed E-state index contributed by atoms with van der Waals surface area (Å²) >= 11 is 4.79. The van der Waals surface area contributed by atoms with E-state index in [1.165, 1.54) is 23.5 Å². The largest absolute Gasteiger partial charge is 0.316 e. The molecule has 0 unspecified atom stereocenters. The molecule has 1 aromatic carbocycles. The van der Waals surface area contributed by atoms with Crippen LogP contribution in [-0.2, 0) is 6.42 Å². The molecular weight excluding hydrogens is 329 g/mol. The number of nitrogens with one attached hydrogen (secondary N) is 1. The zero-order chi connectivity index (χ0) is 13.7. The van der Waals surface area contributed by atoms with Crippen LogP contribution in [0.4, 0.5) is 4.39 Å². The van der Waals surface area contributed by atoms with Gasteiger partial charge in [-0.2, -0.15) is 0 Å². The molecule has 102 valence electrons. The summed E-state index contributed by atoms with van der Waals surface area (Å²) in [7, 11) is 0. The van der Waals surface area contributed by atoms with Crippen LogP contribution in [0.15, 0.2) is 22.7 Å². The Morgan fingerprint density at radius 2 is 2.11 bits per heavy atom. The maximum absolute atomic E-state index is 13.3. The molecule has 1 heterocycles. The molecule has 0 aliphatic rings. The van der Waals surface area contributed by atoms with E-state index in [4.69, 9.17) is 0 Å². The van der Waals surface area contributed by atoms with Gasteiger partial charge in [-0.1, -0.05) is 34.2 Å². The summed E-state index contributed by atoms with van der Waals surface area (Å²) in [6.45, 7) is 4.05. The summed E-state index contributed by atoms with van der Waals surface area (Å²) in [5.41, 5.74) is 0.761. The Bertz CT molecular complexity index is 524. The lowest BCUT2D eigenvalue weighted by molar-refractivity contribution is 0.627. The Hall–Kier alpha value is -0.850. The van der Waals surface area contributed by atoms with E-state index in [0.717, 1.165) is 41.5 Å². The molecule has 2 aromatic rings. The van der Waals surface area contributed by atoms with Crippen molar-refractivity contribution < 1.29 is 4.39 Å². The minimum Gasteiger partial charge on any atom is -0.316 e. The molecule has 0 aliphatic heterocycles. The van der Waals surface area contributed by atoms with E-state index in [9.17, 15) is 4.39 Å². The molecule has 0 bridgehead atoms. The molecule has 0 spiro atoms. The molecule has 0 radical (unpaired) electrons. The second-order valence-corrected chi connectivity index (χ2v) is 6.14. The van der Waals surface area contributed by atoms with Crippen molar-refractivity contribution in [1.82, 2.24) is 15.5 Å². The molecule has 3 nitrogen and oxygen atoms in total.